The van der Waals surface area contributed by atoms with Crippen LogP contribution in [-0.4, -0.2) is 11.8 Å². The van der Waals surface area contributed by atoms with E-state index in [2.05, 4.69) is 34.7 Å². The van der Waals surface area contributed by atoms with Crippen molar-refractivity contribution in [2.24, 2.45) is 29.1 Å². The van der Waals surface area contributed by atoms with Crippen LogP contribution < -0.4 is 4.90 Å². The standard InChI is InChI=1S/C17H14INO2/c18-9-2-1-3-10(8-9)19-15(20)13-11-4-5-12(14(13)16(19)21)17(11)6-7-17/h1-5,8,11-14H,6-7H2/t11-,12-,13-,14-/m0/s1. The maximum Gasteiger partial charge on any atom is 0.238 e. The molecule has 106 valence electrons. The van der Waals surface area contributed by atoms with E-state index in [1.165, 1.54) is 17.7 Å². The predicted octanol–water partition coefficient (Wildman–Crippen LogP) is 2.99. The third-order valence-electron chi connectivity index (χ3n) is 5.92. The molecule has 1 aliphatic heterocycles. The summed E-state index contributed by atoms with van der Waals surface area (Å²) in [7, 11) is 0. The Balaban J connectivity index is 1.59. The monoisotopic (exact) mass is 391 g/mol. The zero-order valence-corrected chi connectivity index (χ0v) is 13.5. The number of carbonyl (C=O) groups is 2. The van der Waals surface area contributed by atoms with Crippen molar-refractivity contribution in [3.8, 4) is 0 Å². The lowest BCUT2D eigenvalue weighted by molar-refractivity contribution is -0.123. The summed E-state index contributed by atoms with van der Waals surface area (Å²) in [6, 6.07) is 7.65. The Bertz CT molecular complexity index is 687. The largest absolute Gasteiger partial charge is 0.274 e. The van der Waals surface area contributed by atoms with Crippen LogP contribution in [0.2, 0.25) is 0 Å². The number of amides is 2. The molecule has 3 aliphatic carbocycles. The van der Waals surface area contributed by atoms with Gasteiger partial charge in [0.05, 0.1) is 17.5 Å². The highest BCUT2D eigenvalue weighted by atomic mass is 127. The van der Waals surface area contributed by atoms with E-state index in [4.69, 9.17) is 0 Å². The molecule has 4 atom stereocenters. The van der Waals surface area contributed by atoms with Crippen LogP contribution in [0.15, 0.2) is 36.4 Å². The molecule has 1 aromatic rings. The summed E-state index contributed by atoms with van der Waals surface area (Å²) in [5, 5.41) is 0. The van der Waals surface area contributed by atoms with Gasteiger partial charge in [-0.3, -0.25) is 9.59 Å². The van der Waals surface area contributed by atoms with Gasteiger partial charge >= 0.3 is 0 Å². The minimum absolute atomic E-state index is 0.0233. The SMILES string of the molecule is O=C1[C@@H]2[C@@H](C(=O)N1c1cccc(I)c1)[C@@H]1C=C[C@@H]2C12CC2. The van der Waals surface area contributed by atoms with Crippen molar-refractivity contribution in [1.29, 1.82) is 0 Å². The lowest BCUT2D eigenvalue weighted by Gasteiger charge is -2.21. The fourth-order valence-corrected chi connectivity index (χ4v) is 5.47. The average Bonchev–Trinajstić information content (AvgIpc) is 3.05. The van der Waals surface area contributed by atoms with Crippen molar-refractivity contribution < 1.29 is 9.59 Å². The molecule has 3 fully saturated rings. The molecule has 2 amide bonds. The van der Waals surface area contributed by atoms with E-state index in [-0.39, 0.29) is 29.1 Å². The molecule has 5 rings (SSSR count). The molecule has 1 saturated heterocycles. The number of halogens is 1. The first kappa shape index (κ1) is 12.4. The Morgan fingerprint density at radius 1 is 1.05 bits per heavy atom. The van der Waals surface area contributed by atoms with Crippen molar-refractivity contribution in [3.63, 3.8) is 0 Å². The zero-order valence-electron chi connectivity index (χ0n) is 11.3. The quantitative estimate of drug-likeness (QED) is 0.420. The number of allylic oxidation sites excluding steroid dienone is 2. The normalized spacial score (nSPS) is 37.7. The van der Waals surface area contributed by atoms with Crippen molar-refractivity contribution in [3.05, 3.63) is 40.0 Å². The number of anilines is 1. The molecule has 2 bridgehead atoms. The molecule has 1 heterocycles. The number of carbonyl (C=O) groups excluding carboxylic acids is 2. The van der Waals surface area contributed by atoms with E-state index in [9.17, 15) is 9.59 Å². The number of hydrogen-bond acceptors (Lipinski definition) is 2. The van der Waals surface area contributed by atoms with E-state index in [1.54, 1.807) is 0 Å². The van der Waals surface area contributed by atoms with Gasteiger partial charge in [0.15, 0.2) is 0 Å². The fourth-order valence-electron chi connectivity index (χ4n) is 4.95. The molecular formula is C17H14INO2. The van der Waals surface area contributed by atoms with Gasteiger partial charge in [-0.05, 0) is 70.9 Å². The third kappa shape index (κ3) is 1.35. The van der Waals surface area contributed by atoms with Crippen LogP contribution in [0.4, 0.5) is 5.69 Å². The highest BCUT2D eigenvalue weighted by Gasteiger charge is 2.73. The van der Waals surface area contributed by atoms with E-state index in [1.807, 2.05) is 24.3 Å². The van der Waals surface area contributed by atoms with Gasteiger partial charge in [-0.1, -0.05) is 18.2 Å². The minimum atomic E-state index is -0.104. The number of imide groups is 1. The van der Waals surface area contributed by atoms with Crippen molar-refractivity contribution in [2.45, 2.75) is 12.8 Å². The van der Waals surface area contributed by atoms with Gasteiger partial charge in [-0.15, -0.1) is 0 Å². The maximum absolute atomic E-state index is 12.9. The average molecular weight is 391 g/mol. The number of benzene rings is 1. The molecule has 4 aliphatic rings. The first-order valence-corrected chi connectivity index (χ1v) is 8.53. The van der Waals surface area contributed by atoms with Gasteiger partial charge in [0.1, 0.15) is 0 Å². The summed E-state index contributed by atoms with van der Waals surface area (Å²) in [5.41, 5.74) is 1.01. The zero-order chi connectivity index (χ0) is 14.4. The Kier molecular flexibility index (Phi) is 2.22. The van der Waals surface area contributed by atoms with Crippen LogP contribution in [-0.2, 0) is 9.59 Å². The van der Waals surface area contributed by atoms with Crippen molar-refractivity contribution >= 4 is 40.1 Å². The first-order valence-electron chi connectivity index (χ1n) is 7.45. The van der Waals surface area contributed by atoms with Crippen LogP contribution in [0.1, 0.15) is 12.8 Å². The molecule has 1 aromatic carbocycles. The predicted molar refractivity (Wildman–Crippen MR) is 86.4 cm³/mol. The van der Waals surface area contributed by atoms with E-state index >= 15 is 0 Å². The highest BCUT2D eigenvalue weighted by Crippen LogP contribution is 2.73. The first-order chi connectivity index (χ1) is 10.1. The molecule has 0 radical (unpaired) electrons. The molecule has 0 aromatic heterocycles. The molecular weight excluding hydrogens is 377 g/mol. The molecule has 1 spiro atoms. The molecule has 2 saturated carbocycles. The van der Waals surface area contributed by atoms with Gasteiger partial charge in [-0.2, -0.15) is 0 Å². The molecule has 0 unspecified atom stereocenters. The second-order valence-electron chi connectivity index (χ2n) is 6.71. The summed E-state index contributed by atoms with van der Waals surface area (Å²) in [5.74, 6) is 0.444. The lowest BCUT2D eigenvalue weighted by Crippen LogP contribution is -2.34. The highest BCUT2D eigenvalue weighted by molar-refractivity contribution is 14.1. The van der Waals surface area contributed by atoms with Crippen molar-refractivity contribution in [2.75, 3.05) is 4.90 Å². The number of rotatable bonds is 1. The van der Waals surface area contributed by atoms with Crippen LogP contribution in [0.5, 0.6) is 0 Å². The molecule has 21 heavy (non-hydrogen) atoms. The topological polar surface area (TPSA) is 37.4 Å². The number of nitrogens with zero attached hydrogens (tertiary/aromatic N) is 1. The van der Waals surface area contributed by atoms with Crippen molar-refractivity contribution in [1.82, 2.24) is 0 Å². The fraction of sp³-hybridized carbons (Fsp3) is 0.412. The Morgan fingerprint density at radius 3 is 2.19 bits per heavy atom. The van der Waals surface area contributed by atoms with Crippen LogP contribution in [0.3, 0.4) is 0 Å². The summed E-state index contributed by atoms with van der Waals surface area (Å²) in [6.45, 7) is 0. The summed E-state index contributed by atoms with van der Waals surface area (Å²) in [6.07, 6.45) is 6.79. The molecule has 0 N–H and O–H groups in total. The van der Waals surface area contributed by atoms with E-state index in [0.717, 1.165) is 9.26 Å². The van der Waals surface area contributed by atoms with Gasteiger partial charge in [-0.25, -0.2) is 4.90 Å². The van der Waals surface area contributed by atoms with Gasteiger partial charge in [0, 0.05) is 3.57 Å². The Morgan fingerprint density at radius 2 is 1.67 bits per heavy atom. The smallest absolute Gasteiger partial charge is 0.238 e. The van der Waals surface area contributed by atoms with Gasteiger partial charge in [0.2, 0.25) is 11.8 Å². The molecule has 4 heteroatoms. The second kappa shape index (κ2) is 3.77. The lowest BCUT2D eigenvalue weighted by atomic mass is 9.85. The van der Waals surface area contributed by atoms with Crippen LogP contribution in [0, 0.1) is 32.7 Å². The minimum Gasteiger partial charge on any atom is -0.274 e. The Labute approximate surface area is 136 Å². The van der Waals surface area contributed by atoms with Crippen LogP contribution >= 0.6 is 22.6 Å². The second-order valence-corrected chi connectivity index (χ2v) is 7.96. The van der Waals surface area contributed by atoms with Gasteiger partial charge in [0.25, 0.3) is 0 Å². The summed E-state index contributed by atoms with van der Waals surface area (Å²) < 4.78 is 1.04. The maximum atomic E-state index is 12.9. The molecule has 3 nitrogen and oxygen atoms in total. The summed E-state index contributed by atoms with van der Waals surface area (Å²) >= 11 is 2.21. The van der Waals surface area contributed by atoms with E-state index < -0.39 is 0 Å². The van der Waals surface area contributed by atoms with Crippen LogP contribution in [0.25, 0.3) is 0 Å². The van der Waals surface area contributed by atoms with Gasteiger partial charge < -0.3 is 0 Å². The van der Waals surface area contributed by atoms with E-state index in [0.29, 0.717) is 11.8 Å². The Hall–Kier alpha value is -1.17. The third-order valence-corrected chi connectivity index (χ3v) is 6.59. The number of hydrogen-bond donors (Lipinski definition) is 0. The number of fused-ring (bicyclic) bond motifs is 3. The summed E-state index contributed by atoms with van der Waals surface area (Å²) in [4.78, 5) is 27.2.